The van der Waals surface area contributed by atoms with Crippen molar-refractivity contribution in [2.45, 2.75) is 0 Å². The number of hydrogen-bond donors (Lipinski definition) is 1. The molecule has 2 aromatic rings. The van der Waals surface area contributed by atoms with Crippen LogP contribution in [0.4, 0.5) is 0 Å². The largest absolute Gasteiger partial charge is 0.299 e. The summed E-state index contributed by atoms with van der Waals surface area (Å²) in [5.41, 5.74) is 0.632. The standard InChI is InChI=1S/C14H12N2O/c1-2-7-15-10-14(17)13-9-16-8-11-5-3-4-6-12(11)13/h1,3-6,8-9,15H,7,10H2. The number of terminal acetylenes is 1. The fourth-order valence-corrected chi connectivity index (χ4v) is 1.68. The predicted molar refractivity (Wildman–Crippen MR) is 67.8 cm³/mol. The lowest BCUT2D eigenvalue weighted by molar-refractivity contribution is 0.0994. The summed E-state index contributed by atoms with van der Waals surface area (Å²) in [6.07, 6.45) is 8.46. The molecule has 0 aliphatic carbocycles. The van der Waals surface area contributed by atoms with Crippen LogP contribution >= 0.6 is 0 Å². The van der Waals surface area contributed by atoms with Gasteiger partial charge in [0.2, 0.25) is 0 Å². The zero-order valence-electron chi connectivity index (χ0n) is 9.31. The monoisotopic (exact) mass is 224 g/mol. The highest BCUT2D eigenvalue weighted by Gasteiger charge is 2.09. The van der Waals surface area contributed by atoms with E-state index in [0.29, 0.717) is 12.1 Å². The Morgan fingerprint density at radius 3 is 3.00 bits per heavy atom. The lowest BCUT2D eigenvalue weighted by Crippen LogP contribution is -2.23. The van der Waals surface area contributed by atoms with E-state index >= 15 is 0 Å². The molecule has 0 bridgehead atoms. The van der Waals surface area contributed by atoms with Crippen molar-refractivity contribution in [2.75, 3.05) is 13.1 Å². The third kappa shape index (κ3) is 2.49. The van der Waals surface area contributed by atoms with Crippen LogP contribution in [0.3, 0.4) is 0 Å². The zero-order chi connectivity index (χ0) is 12.1. The van der Waals surface area contributed by atoms with Crippen molar-refractivity contribution >= 4 is 16.6 Å². The molecule has 0 saturated carbocycles. The van der Waals surface area contributed by atoms with Crippen LogP contribution < -0.4 is 5.32 Å². The minimum absolute atomic E-state index is 0.00421. The Labute approximate surface area is 99.9 Å². The Kier molecular flexibility index (Phi) is 3.49. The van der Waals surface area contributed by atoms with E-state index in [1.807, 2.05) is 24.3 Å². The van der Waals surface area contributed by atoms with Gasteiger partial charge in [-0.1, -0.05) is 30.2 Å². The molecule has 0 amide bonds. The van der Waals surface area contributed by atoms with Crippen molar-refractivity contribution in [1.29, 1.82) is 0 Å². The highest BCUT2D eigenvalue weighted by Crippen LogP contribution is 2.17. The number of ketones is 1. The average Bonchev–Trinajstić information content (AvgIpc) is 2.38. The van der Waals surface area contributed by atoms with E-state index in [1.54, 1.807) is 12.4 Å². The van der Waals surface area contributed by atoms with Gasteiger partial charge in [0, 0.05) is 23.3 Å². The summed E-state index contributed by atoms with van der Waals surface area (Å²) in [5.74, 6) is 2.44. The minimum Gasteiger partial charge on any atom is -0.299 e. The highest BCUT2D eigenvalue weighted by molar-refractivity contribution is 6.08. The summed E-state index contributed by atoms with van der Waals surface area (Å²) in [6.45, 7) is 0.629. The first kappa shape index (κ1) is 11.3. The maximum atomic E-state index is 12.0. The molecule has 0 spiro atoms. The Morgan fingerprint density at radius 2 is 2.18 bits per heavy atom. The Morgan fingerprint density at radius 1 is 1.35 bits per heavy atom. The molecule has 84 valence electrons. The van der Waals surface area contributed by atoms with Crippen LogP contribution in [-0.4, -0.2) is 23.9 Å². The van der Waals surface area contributed by atoms with Gasteiger partial charge in [-0.2, -0.15) is 0 Å². The molecular formula is C14H12N2O. The molecule has 1 heterocycles. The van der Waals surface area contributed by atoms with E-state index in [1.165, 1.54) is 0 Å². The van der Waals surface area contributed by atoms with Gasteiger partial charge in [-0.05, 0) is 5.39 Å². The summed E-state index contributed by atoms with van der Waals surface area (Å²) in [7, 11) is 0. The Hall–Kier alpha value is -2.18. The second kappa shape index (κ2) is 5.24. The van der Waals surface area contributed by atoms with Gasteiger partial charge in [0.1, 0.15) is 0 Å². The summed E-state index contributed by atoms with van der Waals surface area (Å²) in [5, 5.41) is 4.78. The molecule has 3 nitrogen and oxygen atoms in total. The number of nitrogens with one attached hydrogen (secondary N) is 1. The van der Waals surface area contributed by atoms with Crippen LogP contribution in [0.5, 0.6) is 0 Å². The molecule has 1 aromatic heterocycles. The van der Waals surface area contributed by atoms with Crippen molar-refractivity contribution < 1.29 is 4.79 Å². The Balaban J connectivity index is 2.29. The van der Waals surface area contributed by atoms with Crippen LogP contribution in [0.1, 0.15) is 10.4 Å². The van der Waals surface area contributed by atoms with Gasteiger partial charge >= 0.3 is 0 Å². The molecule has 0 fully saturated rings. The van der Waals surface area contributed by atoms with E-state index < -0.39 is 0 Å². The molecule has 0 aliphatic heterocycles. The first-order valence-corrected chi connectivity index (χ1v) is 5.33. The number of carbonyl (C=O) groups is 1. The number of carbonyl (C=O) groups excluding carboxylic acids is 1. The molecule has 0 atom stereocenters. The van der Waals surface area contributed by atoms with E-state index in [4.69, 9.17) is 6.42 Å². The molecular weight excluding hydrogens is 212 g/mol. The van der Waals surface area contributed by atoms with Crippen LogP contribution in [0.15, 0.2) is 36.7 Å². The fraction of sp³-hybridized carbons (Fsp3) is 0.143. The number of Topliss-reactive ketones (excluding diaryl/α,β-unsaturated/α-hetero) is 1. The molecule has 0 aliphatic rings. The smallest absolute Gasteiger partial charge is 0.178 e. The predicted octanol–water partition coefficient (Wildman–Crippen LogP) is 1.64. The molecule has 2 rings (SSSR count). The first-order valence-electron chi connectivity index (χ1n) is 5.33. The van der Waals surface area contributed by atoms with Gasteiger partial charge in [-0.3, -0.25) is 15.1 Å². The summed E-state index contributed by atoms with van der Waals surface area (Å²) in [4.78, 5) is 16.0. The van der Waals surface area contributed by atoms with Gasteiger partial charge in [0.25, 0.3) is 0 Å². The maximum absolute atomic E-state index is 12.0. The number of pyridine rings is 1. The Bertz CT molecular complexity index is 579. The number of benzene rings is 1. The summed E-state index contributed by atoms with van der Waals surface area (Å²) in [6, 6.07) is 7.70. The van der Waals surface area contributed by atoms with Gasteiger partial charge < -0.3 is 0 Å². The van der Waals surface area contributed by atoms with Crippen molar-refractivity contribution in [2.24, 2.45) is 0 Å². The minimum atomic E-state index is 0.00421. The third-order valence-electron chi connectivity index (χ3n) is 2.48. The third-order valence-corrected chi connectivity index (χ3v) is 2.48. The van der Waals surface area contributed by atoms with Crippen LogP contribution in [-0.2, 0) is 0 Å². The first-order chi connectivity index (χ1) is 8.33. The fourth-order valence-electron chi connectivity index (χ4n) is 1.68. The van der Waals surface area contributed by atoms with Crippen molar-refractivity contribution in [3.63, 3.8) is 0 Å². The van der Waals surface area contributed by atoms with Crippen LogP contribution in [0, 0.1) is 12.3 Å². The SMILES string of the molecule is C#CCNCC(=O)c1cncc2ccccc12. The molecule has 0 saturated heterocycles. The topological polar surface area (TPSA) is 42.0 Å². The van der Waals surface area contributed by atoms with E-state index in [9.17, 15) is 4.79 Å². The van der Waals surface area contributed by atoms with Crippen LogP contribution in [0.25, 0.3) is 10.8 Å². The number of nitrogens with zero attached hydrogens (tertiary/aromatic N) is 1. The van der Waals surface area contributed by atoms with Gasteiger partial charge in [0.05, 0.1) is 13.1 Å². The van der Waals surface area contributed by atoms with Crippen molar-refractivity contribution in [3.05, 3.63) is 42.2 Å². The highest BCUT2D eigenvalue weighted by atomic mass is 16.1. The molecule has 3 heteroatoms. The van der Waals surface area contributed by atoms with E-state index in [-0.39, 0.29) is 12.3 Å². The molecule has 17 heavy (non-hydrogen) atoms. The normalized spacial score (nSPS) is 10.1. The number of rotatable bonds is 4. The molecule has 0 radical (unpaired) electrons. The summed E-state index contributed by atoms with van der Waals surface area (Å²) >= 11 is 0. The van der Waals surface area contributed by atoms with Crippen LogP contribution in [0.2, 0.25) is 0 Å². The van der Waals surface area contributed by atoms with E-state index in [2.05, 4.69) is 16.2 Å². The maximum Gasteiger partial charge on any atom is 0.178 e. The zero-order valence-corrected chi connectivity index (χ0v) is 9.31. The van der Waals surface area contributed by atoms with Gasteiger partial charge in [0.15, 0.2) is 5.78 Å². The lowest BCUT2D eigenvalue weighted by Gasteiger charge is -2.05. The second-order valence-corrected chi connectivity index (χ2v) is 3.64. The number of aromatic nitrogens is 1. The van der Waals surface area contributed by atoms with E-state index in [0.717, 1.165) is 10.8 Å². The number of fused-ring (bicyclic) bond motifs is 1. The molecule has 1 N–H and O–H groups in total. The summed E-state index contributed by atoms with van der Waals surface area (Å²) < 4.78 is 0. The molecule has 1 aromatic carbocycles. The van der Waals surface area contributed by atoms with Gasteiger partial charge in [-0.25, -0.2) is 0 Å². The van der Waals surface area contributed by atoms with Gasteiger partial charge in [-0.15, -0.1) is 6.42 Å². The lowest BCUT2D eigenvalue weighted by atomic mass is 10.0. The second-order valence-electron chi connectivity index (χ2n) is 3.64. The van der Waals surface area contributed by atoms with Crippen molar-refractivity contribution in [1.82, 2.24) is 10.3 Å². The average molecular weight is 224 g/mol. The van der Waals surface area contributed by atoms with Crippen molar-refractivity contribution in [3.8, 4) is 12.3 Å². The molecule has 0 unspecified atom stereocenters. The number of hydrogen-bond acceptors (Lipinski definition) is 3. The quantitative estimate of drug-likeness (QED) is 0.487.